The first-order valence-corrected chi connectivity index (χ1v) is 7.79. The Balaban J connectivity index is 2.98. The highest BCUT2D eigenvalue weighted by Crippen LogP contribution is 2.19. The van der Waals surface area contributed by atoms with Gasteiger partial charge >= 0.3 is 0 Å². The van der Waals surface area contributed by atoms with E-state index < -0.39 is 21.1 Å². The summed E-state index contributed by atoms with van der Waals surface area (Å²) in [5.74, 6) is 4.50. The van der Waals surface area contributed by atoms with Crippen molar-refractivity contribution in [3.63, 3.8) is 0 Å². The van der Waals surface area contributed by atoms with Crippen LogP contribution in [-0.2, 0) is 10.0 Å². The molecular formula is C14H15FN2O3S. The number of nitriles is 1. The Kier molecular flexibility index (Phi) is 6.16. The van der Waals surface area contributed by atoms with Crippen molar-refractivity contribution in [3.8, 4) is 17.9 Å². The van der Waals surface area contributed by atoms with Crippen LogP contribution in [0.5, 0.6) is 0 Å². The minimum absolute atomic E-state index is 0.0834. The monoisotopic (exact) mass is 310 g/mol. The Bertz CT molecular complexity index is 699. The van der Waals surface area contributed by atoms with Gasteiger partial charge in [-0.1, -0.05) is 18.8 Å². The van der Waals surface area contributed by atoms with Gasteiger partial charge in [0.1, 0.15) is 5.82 Å². The number of benzene rings is 1. The fourth-order valence-corrected chi connectivity index (χ4v) is 2.69. The van der Waals surface area contributed by atoms with Gasteiger partial charge in [-0.2, -0.15) is 5.26 Å². The van der Waals surface area contributed by atoms with Crippen molar-refractivity contribution in [2.24, 2.45) is 0 Å². The van der Waals surface area contributed by atoms with E-state index in [2.05, 4.69) is 16.6 Å². The summed E-state index contributed by atoms with van der Waals surface area (Å²) in [5.41, 5.74) is 0.146. The molecule has 1 rings (SSSR count). The van der Waals surface area contributed by atoms with Crippen LogP contribution in [0.25, 0.3) is 0 Å². The highest BCUT2D eigenvalue weighted by Gasteiger charge is 2.24. The van der Waals surface area contributed by atoms with Crippen molar-refractivity contribution in [1.29, 1.82) is 5.26 Å². The van der Waals surface area contributed by atoms with E-state index in [1.54, 1.807) is 13.0 Å². The highest BCUT2D eigenvalue weighted by atomic mass is 32.2. The molecule has 0 aliphatic carbocycles. The lowest BCUT2D eigenvalue weighted by molar-refractivity contribution is 0.305. The van der Waals surface area contributed by atoms with Gasteiger partial charge in [-0.25, -0.2) is 12.8 Å². The molecule has 7 heteroatoms. The third-order valence-corrected chi connectivity index (χ3v) is 4.27. The largest absolute Gasteiger partial charge is 0.395 e. The SMILES string of the molecule is CCC(C#N)S(=O)(=O)Nc1ccc(C#CCCO)cc1F. The van der Waals surface area contributed by atoms with E-state index in [0.717, 1.165) is 6.07 Å². The molecule has 0 amide bonds. The Hall–Kier alpha value is -2.09. The average Bonchev–Trinajstić information content (AvgIpc) is 2.43. The molecule has 1 aromatic rings. The lowest BCUT2D eigenvalue weighted by atomic mass is 10.2. The van der Waals surface area contributed by atoms with Gasteiger partial charge in [0.05, 0.1) is 18.4 Å². The first-order valence-electron chi connectivity index (χ1n) is 6.25. The number of sulfonamides is 1. The Morgan fingerprint density at radius 2 is 2.19 bits per heavy atom. The first-order chi connectivity index (χ1) is 9.94. The zero-order chi connectivity index (χ0) is 15.9. The van der Waals surface area contributed by atoms with E-state index in [1.165, 1.54) is 12.1 Å². The summed E-state index contributed by atoms with van der Waals surface area (Å²) in [4.78, 5) is 0. The van der Waals surface area contributed by atoms with E-state index in [9.17, 15) is 12.8 Å². The number of halogens is 1. The van der Waals surface area contributed by atoms with Crippen molar-refractivity contribution in [3.05, 3.63) is 29.6 Å². The number of hydrogen-bond acceptors (Lipinski definition) is 4. The summed E-state index contributed by atoms with van der Waals surface area (Å²) in [5, 5.41) is 16.1. The van der Waals surface area contributed by atoms with Gasteiger partial charge < -0.3 is 5.11 Å². The summed E-state index contributed by atoms with van der Waals surface area (Å²) in [6.07, 6.45) is 0.383. The second-order valence-corrected chi connectivity index (χ2v) is 6.01. The van der Waals surface area contributed by atoms with E-state index in [4.69, 9.17) is 10.4 Å². The van der Waals surface area contributed by atoms with Crippen LogP contribution in [0.15, 0.2) is 18.2 Å². The molecule has 0 aliphatic heterocycles. The van der Waals surface area contributed by atoms with Gasteiger partial charge in [0, 0.05) is 12.0 Å². The molecule has 0 heterocycles. The normalized spacial score (nSPS) is 11.9. The van der Waals surface area contributed by atoms with Crippen LogP contribution in [0.3, 0.4) is 0 Å². The maximum absolute atomic E-state index is 13.8. The van der Waals surface area contributed by atoms with Crippen LogP contribution in [0.1, 0.15) is 25.3 Å². The molecule has 0 saturated heterocycles. The number of nitrogens with zero attached hydrogens (tertiary/aromatic N) is 1. The maximum atomic E-state index is 13.8. The van der Waals surface area contributed by atoms with E-state index in [1.807, 2.05) is 0 Å². The third kappa shape index (κ3) is 4.75. The predicted molar refractivity (Wildman–Crippen MR) is 77.2 cm³/mol. The van der Waals surface area contributed by atoms with Crippen molar-refractivity contribution < 1.29 is 17.9 Å². The first kappa shape index (κ1) is 17.0. The molecule has 2 N–H and O–H groups in total. The fraction of sp³-hybridized carbons (Fsp3) is 0.357. The molecule has 0 aromatic heterocycles. The molecule has 0 bridgehead atoms. The molecular weight excluding hydrogens is 295 g/mol. The molecule has 0 spiro atoms. The molecule has 1 unspecified atom stereocenters. The Labute approximate surface area is 123 Å². The number of aliphatic hydroxyl groups excluding tert-OH is 1. The van der Waals surface area contributed by atoms with E-state index in [0.29, 0.717) is 5.56 Å². The van der Waals surface area contributed by atoms with Gasteiger partial charge in [-0.3, -0.25) is 4.72 Å². The van der Waals surface area contributed by atoms with Gasteiger partial charge in [-0.15, -0.1) is 0 Å². The third-order valence-electron chi connectivity index (χ3n) is 2.58. The molecule has 0 aliphatic rings. The van der Waals surface area contributed by atoms with Crippen LogP contribution in [0, 0.1) is 29.0 Å². The predicted octanol–water partition coefficient (Wildman–Crippen LogP) is 1.60. The second-order valence-electron chi connectivity index (χ2n) is 4.14. The van der Waals surface area contributed by atoms with Crippen LogP contribution in [0.4, 0.5) is 10.1 Å². The van der Waals surface area contributed by atoms with Crippen molar-refractivity contribution in [1.82, 2.24) is 0 Å². The summed E-state index contributed by atoms with van der Waals surface area (Å²) in [6.45, 7) is 1.48. The van der Waals surface area contributed by atoms with Gasteiger partial charge in [0.2, 0.25) is 10.0 Å². The quantitative estimate of drug-likeness (QED) is 0.808. The van der Waals surface area contributed by atoms with Crippen molar-refractivity contribution in [2.45, 2.75) is 25.0 Å². The molecule has 0 fully saturated rings. The van der Waals surface area contributed by atoms with Crippen LogP contribution >= 0.6 is 0 Å². The zero-order valence-corrected chi connectivity index (χ0v) is 12.2. The molecule has 5 nitrogen and oxygen atoms in total. The van der Waals surface area contributed by atoms with Crippen molar-refractivity contribution >= 4 is 15.7 Å². The van der Waals surface area contributed by atoms with Gasteiger partial charge in [0.15, 0.2) is 5.25 Å². The molecule has 1 atom stereocenters. The topological polar surface area (TPSA) is 90.2 Å². The summed E-state index contributed by atoms with van der Waals surface area (Å²) < 4.78 is 39.6. The van der Waals surface area contributed by atoms with Crippen LogP contribution in [0.2, 0.25) is 0 Å². The number of nitrogens with one attached hydrogen (secondary N) is 1. The maximum Gasteiger partial charge on any atom is 0.249 e. The number of anilines is 1. The second kappa shape index (κ2) is 7.63. The Morgan fingerprint density at radius 1 is 1.48 bits per heavy atom. The van der Waals surface area contributed by atoms with E-state index in [-0.39, 0.29) is 25.1 Å². The lowest BCUT2D eigenvalue weighted by Gasteiger charge is -2.11. The minimum atomic E-state index is -3.95. The van der Waals surface area contributed by atoms with Crippen molar-refractivity contribution in [2.75, 3.05) is 11.3 Å². The molecule has 0 radical (unpaired) electrons. The number of aliphatic hydroxyl groups is 1. The zero-order valence-electron chi connectivity index (χ0n) is 11.4. The van der Waals surface area contributed by atoms with E-state index >= 15 is 0 Å². The van der Waals surface area contributed by atoms with Crippen LogP contribution in [-0.4, -0.2) is 25.4 Å². The number of hydrogen-bond donors (Lipinski definition) is 2. The summed E-state index contributed by atoms with van der Waals surface area (Å²) >= 11 is 0. The molecule has 21 heavy (non-hydrogen) atoms. The number of rotatable bonds is 5. The summed E-state index contributed by atoms with van der Waals surface area (Å²) in [6, 6.07) is 5.46. The average molecular weight is 310 g/mol. The van der Waals surface area contributed by atoms with Gasteiger partial charge in [-0.05, 0) is 24.6 Å². The molecule has 112 valence electrons. The Morgan fingerprint density at radius 3 is 2.71 bits per heavy atom. The van der Waals surface area contributed by atoms with Crippen LogP contribution < -0.4 is 4.72 Å². The minimum Gasteiger partial charge on any atom is -0.395 e. The standard InChI is InChI=1S/C14H15FN2O3S/c1-2-12(10-16)21(19,20)17-14-7-6-11(9-13(14)15)5-3-4-8-18/h6-7,9,12,17-18H,2,4,8H2,1H3. The highest BCUT2D eigenvalue weighted by molar-refractivity contribution is 7.93. The molecule has 1 aromatic carbocycles. The fourth-order valence-electron chi connectivity index (χ4n) is 1.50. The smallest absolute Gasteiger partial charge is 0.249 e. The lowest BCUT2D eigenvalue weighted by Crippen LogP contribution is -2.26. The van der Waals surface area contributed by atoms with Gasteiger partial charge in [0.25, 0.3) is 0 Å². The molecule has 0 saturated carbocycles. The summed E-state index contributed by atoms with van der Waals surface area (Å²) in [7, 11) is -3.95.